The van der Waals surface area contributed by atoms with Crippen LogP contribution >= 0.6 is 0 Å². The van der Waals surface area contributed by atoms with Gasteiger partial charge in [0.15, 0.2) is 11.6 Å². The van der Waals surface area contributed by atoms with Crippen LogP contribution in [-0.4, -0.2) is 49.8 Å². The third-order valence-corrected chi connectivity index (χ3v) is 5.66. The van der Waals surface area contributed by atoms with Crippen LogP contribution in [0.4, 0.5) is 8.78 Å². The number of rotatable bonds is 4. The van der Waals surface area contributed by atoms with E-state index < -0.39 is 11.6 Å². The van der Waals surface area contributed by atoms with Crippen molar-refractivity contribution in [1.82, 2.24) is 4.90 Å². The Balaban J connectivity index is 1.68. The molecule has 2 aliphatic rings. The molecule has 25 heavy (non-hydrogen) atoms. The molecule has 0 unspecified atom stereocenters. The Morgan fingerprint density at radius 2 is 2.00 bits per heavy atom. The van der Waals surface area contributed by atoms with Crippen molar-refractivity contribution in [1.29, 1.82) is 0 Å². The number of likely N-dealkylation sites (tertiary alicyclic amines) is 1. The lowest BCUT2D eigenvalue weighted by Crippen LogP contribution is -2.49. The first-order valence-corrected chi connectivity index (χ1v) is 8.84. The molecule has 0 aromatic heterocycles. The van der Waals surface area contributed by atoms with E-state index in [9.17, 15) is 13.6 Å². The van der Waals surface area contributed by atoms with Gasteiger partial charge in [0.2, 0.25) is 0 Å². The molecular weight excluding hydrogens is 328 g/mol. The van der Waals surface area contributed by atoms with Gasteiger partial charge in [-0.2, -0.15) is 0 Å². The van der Waals surface area contributed by atoms with Gasteiger partial charge in [0.25, 0.3) is 5.91 Å². The van der Waals surface area contributed by atoms with Gasteiger partial charge >= 0.3 is 0 Å². The Hall–Kier alpha value is -1.53. The minimum atomic E-state index is -0.985. The summed E-state index contributed by atoms with van der Waals surface area (Å²) in [5.41, 5.74) is 0.524. The summed E-state index contributed by atoms with van der Waals surface area (Å²) in [6.45, 7) is 4.24. The van der Waals surface area contributed by atoms with Crippen LogP contribution in [0.1, 0.15) is 41.6 Å². The topological polar surface area (TPSA) is 38.8 Å². The van der Waals surface area contributed by atoms with E-state index >= 15 is 0 Å². The zero-order chi connectivity index (χ0) is 18.0. The fraction of sp³-hybridized carbons (Fsp3) is 0.632. The van der Waals surface area contributed by atoms with Crippen LogP contribution < -0.4 is 0 Å². The van der Waals surface area contributed by atoms with Crippen molar-refractivity contribution in [3.05, 3.63) is 34.9 Å². The molecule has 0 radical (unpaired) electrons. The number of carbonyl (C=O) groups is 1. The minimum absolute atomic E-state index is 0.168. The van der Waals surface area contributed by atoms with Crippen molar-refractivity contribution in [2.75, 3.05) is 33.4 Å². The van der Waals surface area contributed by atoms with Gasteiger partial charge in [-0.1, -0.05) is 0 Å². The summed E-state index contributed by atoms with van der Waals surface area (Å²) in [7, 11) is 1.70. The molecule has 2 fully saturated rings. The lowest BCUT2D eigenvalue weighted by atomic mass is 9.78. The van der Waals surface area contributed by atoms with Crippen LogP contribution in [0.5, 0.6) is 0 Å². The second kappa shape index (κ2) is 7.38. The van der Waals surface area contributed by atoms with Crippen molar-refractivity contribution >= 4 is 5.91 Å². The Kier molecular flexibility index (Phi) is 5.39. The zero-order valence-electron chi connectivity index (χ0n) is 14.8. The van der Waals surface area contributed by atoms with E-state index in [1.165, 1.54) is 0 Å². The molecule has 2 heterocycles. The van der Waals surface area contributed by atoms with Crippen LogP contribution in [0.25, 0.3) is 0 Å². The van der Waals surface area contributed by atoms with Gasteiger partial charge in [-0.25, -0.2) is 8.78 Å². The van der Waals surface area contributed by atoms with Crippen molar-refractivity contribution in [2.45, 2.75) is 38.2 Å². The summed E-state index contributed by atoms with van der Waals surface area (Å²) in [5, 5.41) is 0. The molecule has 1 aromatic rings. The molecule has 0 saturated carbocycles. The first-order chi connectivity index (χ1) is 12.0. The van der Waals surface area contributed by atoms with E-state index in [1.54, 1.807) is 18.9 Å². The van der Waals surface area contributed by atoms with E-state index in [-0.39, 0.29) is 17.1 Å². The fourth-order valence-corrected chi connectivity index (χ4v) is 4.14. The molecule has 1 aromatic carbocycles. The number of hydrogen-bond acceptors (Lipinski definition) is 3. The Morgan fingerprint density at radius 1 is 1.32 bits per heavy atom. The molecule has 4 nitrogen and oxygen atoms in total. The van der Waals surface area contributed by atoms with Gasteiger partial charge < -0.3 is 14.4 Å². The summed E-state index contributed by atoms with van der Waals surface area (Å²) in [6.07, 6.45) is 3.54. The summed E-state index contributed by atoms with van der Waals surface area (Å²) in [6, 6.07) is 2.08. The van der Waals surface area contributed by atoms with Gasteiger partial charge in [0, 0.05) is 39.0 Å². The van der Waals surface area contributed by atoms with E-state index in [2.05, 4.69) is 0 Å². The molecule has 1 spiro atoms. The number of halogens is 2. The summed E-state index contributed by atoms with van der Waals surface area (Å²) in [5.74, 6) is -1.69. The molecule has 2 saturated heterocycles. The van der Waals surface area contributed by atoms with Gasteiger partial charge in [0.05, 0.1) is 5.60 Å². The highest BCUT2D eigenvalue weighted by atomic mass is 19.2. The van der Waals surface area contributed by atoms with Crippen LogP contribution in [0.3, 0.4) is 0 Å². The summed E-state index contributed by atoms with van der Waals surface area (Å²) < 4.78 is 38.1. The normalized spacial score (nSPS) is 22.6. The Bertz CT molecular complexity index is 642. The number of methoxy groups -OCH3 is 1. The van der Waals surface area contributed by atoms with Crippen molar-refractivity contribution in [2.24, 2.45) is 5.92 Å². The maximum absolute atomic E-state index is 13.5. The van der Waals surface area contributed by atoms with Gasteiger partial charge in [-0.3, -0.25) is 4.79 Å². The molecule has 1 atom stereocenters. The maximum atomic E-state index is 13.5. The fourth-order valence-electron chi connectivity index (χ4n) is 4.14. The predicted octanol–water partition coefficient (Wildman–Crippen LogP) is 3.32. The van der Waals surface area contributed by atoms with Gasteiger partial charge in [-0.15, -0.1) is 0 Å². The number of piperidine rings is 1. The van der Waals surface area contributed by atoms with E-state index in [0.29, 0.717) is 31.2 Å². The van der Waals surface area contributed by atoms with Crippen molar-refractivity contribution < 1.29 is 23.0 Å². The molecule has 1 amide bonds. The Morgan fingerprint density at radius 3 is 2.68 bits per heavy atom. The largest absolute Gasteiger partial charge is 0.385 e. The van der Waals surface area contributed by atoms with Crippen molar-refractivity contribution in [3.63, 3.8) is 0 Å². The monoisotopic (exact) mass is 353 g/mol. The van der Waals surface area contributed by atoms with Crippen LogP contribution in [0.2, 0.25) is 0 Å². The SMILES string of the molecule is COCC[C@H]1CCOC12CCN(C(=O)c1cc(F)c(F)cc1C)CC2. The first-order valence-electron chi connectivity index (χ1n) is 8.84. The third kappa shape index (κ3) is 3.55. The number of carbonyl (C=O) groups excluding carboxylic acids is 1. The minimum Gasteiger partial charge on any atom is -0.385 e. The molecule has 3 rings (SSSR count). The molecular formula is C19H25F2NO3. The number of ether oxygens (including phenoxy) is 2. The average Bonchev–Trinajstić information content (AvgIpc) is 2.98. The van der Waals surface area contributed by atoms with Gasteiger partial charge in [-0.05, 0) is 56.2 Å². The number of amides is 1. The summed E-state index contributed by atoms with van der Waals surface area (Å²) in [4.78, 5) is 14.4. The third-order valence-electron chi connectivity index (χ3n) is 5.66. The Labute approximate surface area is 147 Å². The number of hydrogen-bond donors (Lipinski definition) is 0. The smallest absolute Gasteiger partial charge is 0.254 e. The van der Waals surface area contributed by atoms with Crippen LogP contribution in [0, 0.1) is 24.5 Å². The molecule has 138 valence electrons. The molecule has 6 heteroatoms. The predicted molar refractivity (Wildman–Crippen MR) is 89.5 cm³/mol. The average molecular weight is 353 g/mol. The van der Waals surface area contributed by atoms with Crippen molar-refractivity contribution in [3.8, 4) is 0 Å². The maximum Gasteiger partial charge on any atom is 0.254 e. The highest BCUT2D eigenvalue weighted by Gasteiger charge is 2.46. The number of benzene rings is 1. The first kappa shape index (κ1) is 18.3. The van der Waals surface area contributed by atoms with E-state index in [4.69, 9.17) is 9.47 Å². The second-order valence-corrected chi connectivity index (χ2v) is 7.05. The number of nitrogens with zero attached hydrogens (tertiary/aromatic N) is 1. The van der Waals surface area contributed by atoms with E-state index in [0.717, 1.165) is 44.4 Å². The van der Waals surface area contributed by atoms with Gasteiger partial charge in [0.1, 0.15) is 0 Å². The quantitative estimate of drug-likeness (QED) is 0.834. The second-order valence-electron chi connectivity index (χ2n) is 7.05. The van der Waals surface area contributed by atoms with E-state index in [1.807, 2.05) is 0 Å². The number of aryl methyl sites for hydroxylation is 1. The van der Waals surface area contributed by atoms with Crippen LogP contribution in [0.15, 0.2) is 12.1 Å². The molecule has 2 aliphatic heterocycles. The standard InChI is InChI=1S/C19H25F2NO3/c1-13-11-16(20)17(21)12-15(13)18(23)22-7-5-19(6-8-22)14(3-9-24-2)4-10-25-19/h11-12,14H,3-10H2,1-2H3/t14-/m0/s1. The summed E-state index contributed by atoms with van der Waals surface area (Å²) >= 11 is 0. The molecule has 0 N–H and O–H groups in total. The van der Waals surface area contributed by atoms with Crippen LogP contribution in [-0.2, 0) is 9.47 Å². The lowest BCUT2D eigenvalue weighted by molar-refractivity contribution is -0.0661. The molecule has 0 aliphatic carbocycles. The zero-order valence-corrected chi connectivity index (χ0v) is 14.8. The highest BCUT2D eigenvalue weighted by molar-refractivity contribution is 5.95. The highest BCUT2D eigenvalue weighted by Crippen LogP contribution is 2.42. The molecule has 0 bridgehead atoms. The lowest BCUT2D eigenvalue weighted by Gasteiger charge is -2.42.